The van der Waals surface area contributed by atoms with Gasteiger partial charge in [0.05, 0.1) is 11.4 Å². The fourth-order valence-corrected chi connectivity index (χ4v) is 2.74. The molecular formula is C17H21N3O2. The summed E-state index contributed by atoms with van der Waals surface area (Å²) in [5, 5.41) is 8.23. The predicted molar refractivity (Wildman–Crippen MR) is 84.8 cm³/mol. The van der Waals surface area contributed by atoms with Crippen LogP contribution in [0.15, 0.2) is 40.0 Å². The summed E-state index contributed by atoms with van der Waals surface area (Å²) < 4.78 is 5.21. The summed E-state index contributed by atoms with van der Waals surface area (Å²) in [6.07, 6.45) is 0.941. The van der Waals surface area contributed by atoms with Gasteiger partial charge in [-0.05, 0) is 26.5 Å². The Morgan fingerprint density at radius 1 is 1.23 bits per heavy atom. The van der Waals surface area contributed by atoms with Gasteiger partial charge in [-0.3, -0.25) is 4.90 Å². The third-order valence-electron chi connectivity index (χ3n) is 3.96. The Labute approximate surface area is 130 Å². The molecule has 0 fully saturated rings. The van der Waals surface area contributed by atoms with Gasteiger partial charge in [0.2, 0.25) is 0 Å². The standard InChI is InChI=1S/C17H21N3O2/c1-12-16(13(2)21-18-12)11-20(3)10-15-9-17(19-22-15)14-7-5-4-6-8-14/h4-8,15H,9-11H2,1-3H3/t15-/m0/s1. The molecule has 2 heterocycles. The van der Waals surface area contributed by atoms with Gasteiger partial charge in [0.25, 0.3) is 0 Å². The van der Waals surface area contributed by atoms with Gasteiger partial charge < -0.3 is 9.36 Å². The third-order valence-corrected chi connectivity index (χ3v) is 3.96. The SMILES string of the molecule is Cc1noc(C)c1CN(C)C[C@@H]1CC(c2ccccc2)=NO1. The van der Waals surface area contributed by atoms with Crippen molar-refractivity contribution in [1.82, 2.24) is 10.1 Å². The van der Waals surface area contributed by atoms with Crippen LogP contribution in [0.25, 0.3) is 0 Å². The molecule has 22 heavy (non-hydrogen) atoms. The number of benzene rings is 1. The van der Waals surface area contributed by atoms with Crippen molar-refractivity contribution in [3.05, 3.63) is 52.9 Å². The summed E-state index contributed by atoms with van der Waals surface area (Å²) in [6, 6.07) is 10.2. The molecule has 0 aliphatic carbocycles. The van der Waals surface area contributed by atoms with Crippen molar-refractivity contribution >= 4 is 5.71 Å². The zero-order valence-electron chi connectivity index (χ0n) is 13.2. The van der Waals surface area contributed by atoms with E-state index < -0.39 is 0 Å². The number of hydrogen-bond acceptors (Lipinski definition) is 5. The molecule has 1 aliphatic heterocycles. The zero-order chi connectivity index (χ0) is 15.5. The lowest BCUT2D eigenvalue weighted by molar-refractivity contribution is 0.0575. The van der Waals surface area contributed by atoms with Gasteiger partial charge in [-0.25, -0.2) is 0 Å². The average molecular weight is 299 g/mol. The molecule has 1 aliphatic rings. The second-order valence-corrected chi connectivity index (χ2v) is 5.84. The van der Waals surface area contributed by atoms with Crippen LogP contribution in [0.1, 0.15) is 29.0 Å². The van der Waals surface area contributed by atoms with Crippen LogP contribution in [-0.4, -0.2) is 35.5 Å². The Balaban J connectivity index is 1.55. The van der Waals surface area contributed by atoms with Gasteiger partial charge >= 0.3 is 0 Å². The van der Waals surface area contributed by atoms with Crippen molar-refractivity contribution in [2.24, 2.45) is 5.16 Å². The maximum atomic E-state index is 5.58. The van der Waals surface area contributed by atoms with E-state index in [-0.39, 0.29) is 6.10 Å². The lowest BCUT2D eigenvalue weighted by atomic mass is 10.0. The number of nitrogens with zero attached hydrogens (tertiary/aromatic N) is 3. The molecule has 1 aromatic carbocycles. The number of aryl methyl sites for hydroxylation is 2. The van der Waals surface area contributed by atoms with Gasteiger partial charge in [0.1, 0.15) is 11.9 Å². The van der Waals surface area contributed by atoms with Gasteiger partial charge in [0, 0.05) is 25.1 Å². The summed E-state index contributed by atoms with van der Waals surface area (Å²) in [6.45, 7) is 5.56. The van der Waals surface area contributed by atoms with E-state index in [0.717, 1.165) is 47.8 Å². The monoisotopic (exact) mass is 299 g/mol. The second-order valence-electron chi connectivity index (χ2n) is 5.84. The molecule has 0 amide bonds. The highest BCUT2D eigenvalue weighted by molar-refractivity contribution is 6.01. The first kappa shape index (κ1) is 14.8. The Morgan fingerprint density at radius 3 is 2.68 bits per heavy atom. The van der Waals surface area contributed by atoms with E-state index in [2.05, 4.69) is 34.4 Å². The van der Waals surface area contributed by atoms with Crippen LogP contribution in [0.3, 0.4) is 0 Å². The molecule has 1 atom stereocenters. The molecule has 5 nitrogen and oxygen atoms in total. The van der Waals surface area contributed by atoms with Crippen LogP contribution >= 0.6 is 0 Å². The van der Waals surface area contributed by atoms with Crippen molar-refractivity contribution in [1.29, 1.82) is 0 Å². The summed E-state index contributed by atoms with van der Waals surface area (Å²) in [5.74, 6) is 0.887. The van der Waals surface area contributed by atoms with Crippen molar-refractivity contribution in [2.75, 3.05) is 13.6 Å². The van der Waals surface area contributed by atoms with E-state index in [0.29, 0.717) is 0 Å². The van der Waals surface area contributed by atoms with Crippen LogP contribution in [0, 0.1) is 13.8 Å². The molecule has 2 aromatic rings. The van der Waals surface area contributed by atoms with Crippen LogP contribution in [-0.2, 0) is 11.4 Å². The molecule has 3 rings (SSSR count). The fraction of sp³-hybridized carbons (Fsp3) is 0.412. The molecule has 0 N–H and O–H groups in total. The Kier molecular flexibility index (Phi) is 4.24. The minimum atomic E-state index is 0.0979. The molecule has 0 saturated heterocycles. The lowest BCUT2D eigenvalue weighted by Crippen LogP contribution is -2.29. The third kappa shape index (κ3) is 3.20. The molecule has 0 bridgehead atoms. The van der Waals surface area contributed by atoms with Crippen LogP contribution in [0.2, 0.25) is 0 Å². The first-order chi connectivity index (χ1) is 10.6. The summed E-state index contributed by atoms with van der Waals surface area (Å²) in [4.78, 5) is 7.80. The van der Waals surface area contributed by atoms with Crippen molar-refractivity contribution < 1.29 is 9.36 Å². The number of rotatable bonds is 5. The maximum absolute atomic E-state index is 5.58. The first-order valence-corrected chi connectivity index (χ1v) is 7.52. The highest BCUT2D eigenvalue weighted by atomic mass is 16.6. The number of aromatic nitrogens is 1. The molecule has 0 spiro atoms. The first-order valence-electron chi connectivity index (χ1n) is 7.52. The fourth-order valence-electron chi connectivity index (χ4n) is 2.74. The minimum Gasteiger partial charge on any atom is -0.390 e. The largest absolute Gasteiger partial charge is 0.390 e. The summed E-state index contributed by atoms with van der Waals surface area (Å²) in [5.41, 5.74) is 4.28. The van der Waals surface area contributed by atoms with Crippen molar-refractivity contribution in [2.45, 2.75) is 32.9 Å². The number of hydrogen-bond donors (Lipinski definition) is 0. The molecular weight excluding hydrogens is 278 g/mol. The molecule has 1 aromatic heterocycles. The van der Waals surface area contributed by atoms with Crippen LogP contribution in [0.4, 0.5) is 0 Å². The zero-order valence-corrected chi connectivity index (χ0v) is 13.2. The summed E-state index contributed by atoms with van der Waals surface area (Å²) in [7, 11) is 2.08. The van der Waals surface area contributed by atoms with E-state index in [1.54, 1.807) is 0 Å². The van der Waals surface area contributed by atoms with Crippen LogP contribution in [0.5, 0.6) is 0 Å². The van der Waals surface area contributed by atoms with E-state index in [1.807, 2.05) is 32.0 Å². The Bertz CT molecular complexity index is 644. The summed E-state index contributed by atoms with van der Waals surface area (Å²) >= 11 is 0. The quantitative estimate of drug-likeness (QED) is 0.852. The van der Waals surface area contributed by atoms with Crippen molar-refractivity contribution in [3.63, 3.8) is 0 Å². The molecule has 0 saturated carbocycles. The van der Waals surface area contributed by atoms with Crippen molar-refractivity contribution in [3.8, 4) is 0 Å². The maximum Gasteiger partial charge on any atom is 0.145 e. The normalized spacial score (nSPS) is 17.6. The smallest absolute Gasteiger partial charge is 0.145 e. The highest BCUT2D eigenvalue weighted by Gasteiger charge is 2.24. The Morgan fingerprint density at radius 2 is 2.00 bits per heavy atom. The minimum absolute atomic E-state index is 0.0979. The second kappa shape index (κ2) is 6.32. The molecule has 116 valence electrons. The van der Waals surface area contributed by atoms with E-state index in [9.17, 15) is 0 Å². The van der Waals surface area contributed by atoms with E-state index in [4.69, 9.17) is 9.36 Å². The highest BCUT2D eigenvalue weighted by Crippen LogP contribution is 2.19. The van der Waals surface area contributed by atoms with E-state index in [1.165, 1.54) is 0 Å². The van der Waals surface area contributed by atoms with Gasteiger partial charge in [-0.1, -0.05) is 40.6 Å². The predicted octanol–water partition coefficient (Wildman–Crippen LogP) is 2.92. The molecule has 0 radical (unpaired) electrons. The van der Waals surface area contributed by atoms with Gasteiger partial charge in [0.15, 0.2) is 0 Å². The molecule has 5 heteroatoms. The lowest BCUT2D eigenvalue weighted by Gasteiger charge is -2.19. The van der Waals surface area contributed by atoms with Gasteiger partial charge in [-0.15, -0.1) is 0 Å². The molecule has 0 unspecified atom stereocenters. The Hall–Kier alpha value is -2.14. The number of oxime groups is 1. The van der Waals surface area contributed by atoms with Gasteiger partial charge in [-0.2, -0.15) is 0 Å². The van der Waals surface area contributed by atoms with E-state index >= 15 is 0 Å². The average Bonchev–Trinajstić information content (AvgIpc) is 3.10. The topological polar surface area (TPSA) is 50.9 Å². The van der Waals surface area contributed by atoms with Crippen LogP contribution < -0.4 is 0 Å². The number of likely N-dealkylation sites (N-methyl/N-ethyl adjacent to an activating group) is 1.